The van der Waals surface area contributed by atoms with Gasteiger partial charge in [0.15, 0.2) is 0 Å². The fourth-order valence-electron chi connectivity index (χ4n) is 3.06. The second-order valence-electron chi connectivity index (χ2n) is 6.33. The van der Waals surface area contributed by atoms with Crippen LogP contribution in [0.25, 0.3) is 0 Å². The van der Waals surface area contributed by atoms with Crippen molar-refractivity contribution in [3.63, 3.8) is 0 Å². The summed E-state index contributed by atoms with van der Waals surface area (Å²) in [6.45, 7) is 3.30. The summed E-state index contributed by atoms with van der Waals surface area (Å²) in [6.07, 6.45) is 0. The van der Waals surface area contributed by atoms with Crippen molar-refractivity contribution in [2.45, 2.75) is 20.0 Å². The van der Waals surface area contributed by atoms with Gasteiger partial charge in [-0.25, -0.2) is 4.68 Å². The lowest BCUT2D eigenvalue weighted by atomic mass is 10.2. The van der Waals surface area contributed by atoms with E-state index in [1.165, 1.54) is 9.25 Å². The Morgan fingerprint density at radius 1 is 0.962 bits per heavy atom. The molecule has 0 amide bonds. The average Bonchev–Trinajstić information content (AvgIpc) is 3.06. The van der Waals surface area contributed by atoms with Gasteiger partial charge in [-0.2, -0.15) is 0 Å². The van der Waals surface area contributed by atoms with Gasteiger partial charge >= 0.3 is 11.1 Å². The molecule has 1 aromatic heterocycles. The molecule has 2 aromatic carbocycles. The largest absolute Gasteiger partial charge is 0.333 e. The first-order chi connectivity index (χ1) is 12.5. The predicted octanol–water partition coefficient (Wildman–Crippen LogP) is 2.57. The SMILES string of the molecule is Cc1ccc(N2CCn3c2nn(Cc2ccc(Cl)cc2)c(=O)c3=O)cc1. The van der Waals surface area contributed by atoms with Crippen molar-refractivity contribution < 1.29 is 0 Å². The number of aromatic nitrogens is 3. The van der Waals surface area contributed by atoms with Gasteiger partial charge in [-0.1, -0.05) is 41.4 Å². The molecular formula is C19H17ClN4O2. The summed E-state index contributed by atoms with van der Waals surface area (Å²) in [6, 6.07) is 15.1. The number of fused-ring (bicyclic) bond motifs is 1. The van der Waals surface area contributed by atoms with Gasteiger partial charge in [0.1, 0.15) is 0 Å². The highest BCUT2D eigenvalue weighted by Crippen LogP contribution is 2.26. The normalized spacial score (nSPS) is 13.1. The van der Waals surface area contributed by atoms with Crippen molar-refractivity contribution in [1.82, 2.24) is 14.3 Å². The number of halogens is 1. The lowest BCUT2D eigenvalue weighted by Gasteiger charge is -2.18. The van der Waals surface area contributed by atoms with Crippen molar-refractivity contribution >= 4 is 23.2 Å². The highest BCUT2D eigenvalue weighted by molar-refractivity contribution is 6.30. The number of nitrogens with zero attached hydrogens (tertiary/aromatic N) is 4. The van der Waals surface area contributed by atoms with Crippen LogP contribution in [0.5, 0.6) is 0 Å². The molecule has 7 heteroatoms. The summed E-state index contributed by atoms with van der Waals surface area (Å²) in [4.78, 5) is 26.9. The van der Waals surface area contributed by atoms with Crippen LogP contribution in [0.2, 0.25) is 5.02 Å². The summed E-state index contributed by atoms with van der Waals surface area (Å²) in [5.74, 6) is 0.493. The fourth-order valence-corrected chi connectivity index (χ4v) is 3.19. The molecule has 1 aliphatic rings. The summed E-state index contributed by atoms with van der Waals surface area (Å²) in [7, 11) is 0. The van der Waals surface area contributed by atoms with Crippen LogP contribution in [0.15, 0.2) is 58.1 Å². The second-order valence-corrected chi connectivity index (χ2v) is 6.77. The summed E-state index contributed by atoms with van der Waals surface area (Å²) in [5.41, 5.74) is 1.80. The molecular weight excluding hydrogens is 352 g/mol. The fraction of sp³-hybridized carbons (Fsp3) is 0.211. The number of hydrogen-bond donors (Lipinski definition) is 0. The van der Waals surface area contributed by atoms with E-state index in [2.05, 4.69) is 5.10 Å². The van der Waals surface area contributed by atoms with Crippen LogP contribution in [0, 0.1) is 6.92 Å². The third-order valence-electron chi connectivity index (χ3n) is 4.49. The molecule has 1 aliphatic heterocycles. The van der Waals surface area contributed by atoms with E-state index in [9.17, 15) is 9.59 Å². The molecule has 4 rings (SSSR count). The molecule has 0 N–H and O–H groups in total. The molecule has 0 aliphatic carbocycles. The van der Waals surface area contributed by atoms with Gasteiger partial charge in [-0.05, 0) is 36.8 Å². The quantitative estimate of drug-likeness (QED) is 0.667. The maximum Gasteiger partial charge on any atom is 0.333 e. The Bertz CT molecular complexity index is 1070. The van der Waals surface area contributed by atoms with Crippen LogP contribution in [-0.4, -0.2) is 20.9 Å². The van der Waals surface area contributed by atoms with Crippen LogP contribution >= 0.6 is 11.6 Å². The van der Waals surface area contributed by atoms with Crippen LogP contribution in [0.1, 0.15) is 11.1 Å². The first-order valence-corrected chi connectivity index (χ1v) is 8.71. The lowest BCUT2D eigenvalue weighted by molar-refractivity contribution is 0.591. The molecule has 0 saturated heterocycles. The van der Waals surface area contributed by atoms with Gasteiger partial charge in [0.05, 0.1) is 6.54 Å². The Kier molecular flexibility index (Phi) is 4.12. The smallest absolute Gasteiger partial charge is 0.309 e. The number of benzene rings is 2. The van der Waals surface area contributed by atoms with Crippen molar-refractivity contribution in [2.24, 2.45) is 0 Å². The molecule has 0 atom stereocenters. The minimum absolute atomic E-state index is 0.223. The van der Waals surface area contributed by atoms with Gasteiger partial charge in [-0.3, -0.25) is 14.2 Å². The summed E-state index contributed by atoms with van der Waals surface area (Å²) in [5, 5.41) is 5.09. The van der Waals surface area contributed by atoms with Crippen molar-refractivity contribution in [2.75, 3.05) is 11.4 Å². The standard InChI is InChI=1S/C19H17ClN4O2/c1-13-2-8-16(9-3-13)22-10-11-23-17(25)18(26)24(21-19(22)23)12-14-4-6-15(20)7-5-14/h2-9H,10-12H2,1H3. The second kappa shape index (κ2) is 6.46. The van der Waals surface area contributed by atoms with E-state index in [1.807, 2.05) is 48.2 Å². The molecule has 0 spiro atoms. The first-order valence-electron chi connectivity index (χ1n) is 8.33. The molecule has 0 unspecified atom stereocenters. The lowest BCUT2D eigenvalue weighted by Crippen LogP contribution is -2.42. The number of anilines is 2. The van der Waals surface area contributed by atoms with E-state index in [4.69, 9.17) is 11.6 Å². The third kappa shape index (κ3) is 2.93. The minimum Gasteiger partial charge on any atom is -0.309 e. The maximum absolute atomic E-state index is 12.5. The van der Waals surface area contributed by atoms with E-state index < -0.39 is 11.1 Å². The molecule has 0 radical (unpaired) electrons. The highest BCUT2D eigenvalue weighted by Gasteiger charge is 2.25. The van der Waals surface area contributed by atoms with E-state index in [1.54, 1.807) is 12.1 Å². The molecule has 26 heavy (non-hydrogen) atoms. The Balaban J connectivity index is 1.76. The van der Waals surface area contributed by atoms with E-state index >= 15 is 0 Å². The van der Waals surface area contributed by atoms with E-state index in [-0.39, 0.29) is 6.54 Å². The monoisotopic (exact) mass is 368 g/mol. The topological polar surface area (TPSA) is 60.1 Å². The van der Waals surface area contributed by atoms with Gasteiger partial charge in [0.25, 0.3) is 0 Å². The Hall–Kier alpha value is -2.86. The maximum atomic E-state index is 12.5. The molecule has 132 valence electrons. The minimum atomic E-state index is -0.616. The first kappa shape index (κ1) is 16.6. The van der Waals surface area contributed by atoms with Crippen molar-refractivity contribution in [1.29, 1.82) is 0 Å². The zero-order chi connectivity index (χ0) is 18.3. The van der Waals surface area contributed by atoms with Crippen LogP contribution < -0.4 is 16.0 Å². The molecule has 3 aromatic rings. The third-order valence-corrected chi connectivity index (χ3v) is 4.75. The van der Waals surface area contributed by atoms with E-state index in [0.717, 1.165) is 16.8 Å². The average molecular weight is 369 g/mol. The number of aryl methyl sites for hydroxylation is 1. The summed E-state index contributed by atoms with van der Waals surface area (Å²) < 4.78 is 2.67. The Labute approximate surface area is 154 Å². The van der Waals surface area contributed by atoms with E-state index in [0.29, 0.717) is 24.1 Å². The summed E-state index contributed by atoms with van der Waals surface area (Å²) >= 11 is 5.90. The zero-order valence-corrected chi connectivity index (χ0v) is 15.0. The Morgan fingerprint density at radius 2 is 1.65 bits per heavy atom. The highest BCUT2D eigenvalue weighted by atomic mass is 35.5. The van der Waals surface area contributed by atoms with Crippen LogP contribution in [-0.2, 0) is 13.1 Å². The molecule has 0 bridgehead atoms. The van der Waals surface area contributed by atoms with Gasteiger partial charge < -0.3 is 4.90 Å². The van der Waals surface area contributed by atoms with Gasteiger partial charge in [0, 0.05) is 23.8 Å². The van der Waals surface area contributed by atoms with Crippen LogP contribution in [0.4, 0.5) is 11.6 Å². The molecule has 2 heterocycles. The van der Waals surface area contributed by atoms with Gasteiger partial charge in [-0.15, -0.1) is 5.10 Å². The molecule has 6 nitrogen and oxygen atoms in total. The zero-order valence-electron chi connectivity index (χ0n) is 14.2. The van der Waals surface area contributed by atoms with Crippen LogP contribution in [0.3, 0.4) is 0 Å². The van der Waals surface area contributed by atoms with Gasteiger partial charge in [0.2, 0.25) is 5.95 Å². The number of rotatable bonds is 3. The molecule has 0 fully saturated rings. The van der Waals surface area contributed by atoms with Crippen molar-refractivity contribution in [3.8, 4) is 0 Å². The Morgan fingerprint density at radius 3 is 2.35 bits per heavy atom. The molecule has 0 saturated carbocycles. The predicted molar refractivity (Wildman–Crippen MR) is 101 cm³/mol. The number of hydrogen-bond acceptors (Lipinski definition) is 4. The van der Waals surface area contributed by atoms with Crippen molar-refractivity contribution in [3.05, 3.63) is 85.4 Å².